The van der Waals surface area contributed by atoms with Crippen molar-refractivity contribution in [2.75, 3.05) is 6.54 Å². The molecule has 2 heterocycles. The Labute approximate surface area is 112 Å². The van der Waals surface area contributed by atoms with E-state index in [1.807, 2.05) is 6.92 Å². The van der Waals surface area contributed by atoms with E-state index < -0.39 is 10.0 Å². The third-order valence-electron chi connectivity index (χ3n) is 3.41. The number of hydrogen-bond donors (Lipinski definition) is 1. The smallest absolute Gasteiger partial charge is 0.244 e. The monoisotopic (exact) mass is 289 g/mol. The molecule has 1 aromatic heterocycles. The van der Waals surface area contributed by atoms with Crippen molar-refractivity contribution >= 4 is 21.4 Å². The zero-order chi connectivity index (χ0) is 13.3. The molecule has 1 unspecified atom stereocenters. The van der Waals surface area contributed by atoms with Crippen LogP contribution in [0.25, 0.3) is 0 Å². The number of aliphatic hydroxyl groups excluding tert-OH is 1. The first kappa shape index (κ1) is 14.0. The Morgan fingerprint density at radius 1 is 1.50 bits per heavy atom. The summed E-state index contributed by atoms with van der Waals surface area (Å²) in [7, 11) is -3.40. The number of thiophene rings is 1. The van der Waals surface area contributed by atoms with E-state index >= 15 is 0 Å². The molecule has 0 radical (unpaired) electrons. The molecule has 4 nitrogen and oxygen atoms in total. The van der Waals surface area contributed by atoms with Crippen LogP contribution in [-0.4, -0.2) is 30.4 Å². The molecule has 18 heavy (non-hydrogen) atoms. The topological polar surface area (TPSA) is 57.6 Å². The highest BCUT2D eigenvalue weighted by molar-refractivity contribution is 7.89. The molecule has 0 bridgehead atoms. The van der Waals surface area contributed by atoms with Crippen molar-refractivity contribution in [3.8, 4) is 0 Å². The Balaban J connectivity index is 2.37. The van der Waals surface area contributed by atoms with Gasteiger partial charge in [0.15, 0.2) is 0 Å². The van der Waals surface area contributed by atoms with Gasteiger partial charge >= 0.3 is 0 Å². The van der Waals surface area contributed by atoms with E-state index in [0.717, 1.165) is 24.1 Å². The zero-order valence-electron chi connectivity index (χ0n) is 10.7. The van der Waals surface area contributed by atoms with Crippen molar-refractivity contribution in [3.05, 3.63) is 15.8 Å². The SMILES string of the molecule is Cc1sc(CO)cc1S(=O)(=O)N1CCCCC1C. The number of sulfonamides is 1. The maximum atomic E-state index is 12.6. The minimum atomic E-state index is -3.40. The lowest BCUT2D eigenvalue weighted by Gasteiger charge is -2.32. The Kier molecular flexibility index (Phi) is 4.11. The number of hydrogen-bond acceptors (Lipinski definition) is 4. The molecule has 0 amide bonds. The molecule has 6 heteroatoms. The van der Waals surface area contributed by atoms with Crippen molar-refractivity contribution in [1.29, 1.82) is 0 Å². The van der Waals surface area contributed by atoms with Gasteiger partial charge in [0.2, 0.25) is 10.0 Å². The van der Waals surface area contributed by atoms with Crippen LogP contribution in [0.2, 0.25) is 0 Å². The number of aliphatic hydroxyl groups is 1. The number of piperidine rings is 1. The second kappa shape index (κ2) is 5.28. The third-order valence-corrected chi connectivity index (χ3v) is 6.71. The van der Waals surface area contributed by atoms with Crippen molar-refractivity contribution in [2.45, 2.75) is 50.7 Å². The van der Waals surface area contributed by atoms with E-state index in [0.29, 0.717) is 16.3 Å². The van der Waals surface area contributed by atoms with Gasteiger partial charge in [0, 0.05) is 22.3 Å². The van der Waals surface area contributed by atoms with E-state index in [1.165, 1.54) is 11.3 Å². The average molecular weight is 289 g/mol. The van der Waals surface area contributed by atoms with Crippen LogP contribution in [0.15, 0.2) is 11.0 Å². The van der Waals surface area contributed by atoms with Crippen LogP contribution in [0.4, 0.5) is 0 Å². The lowest BCUT2D eigenvalue weighted by molar-refractivity contribution is 0.268. The molecular formula is C12H19NO3S2. The normalized spacial score (nSPS) is 22.3. The standard InChI is InChI=1S/C12H19NO3S2/c1-9-5-3-4-6-13(9)18(15,16)12-7-11(8-14)17-10(12)2/h7,9,14H,3-6,8H2,1-2H3. The largest absolute Gasteiger partial charge is 0.391 e. The van der Waals surface area contributed by atoms with Gasteiger partial charge in [0.25, 0.3) is 0 Å². The highest BCUT2D eigenvalue weighted by Crippen LogP contribution is 2.31. The van der Waals surface area contributed by atoms with Gasteiger partial charge in [0.1, 0.15) is 0 Å². The predicted molar refractivity (Wildman–Crippen MR) is 72.2 cm³/mol. The summed E-state index contributed by atoms with van der Waals surface area (Å²) < 4.78 is 26.8. The molecule has 102 valence electrons. The van der Waals surface area contributed by atoms with E-state index in [-0.39, 0.29) is 12.6 Å². The quantitative estimate of drug-likeness (QED) is 0.927. The highest BCUT2D eigenvalue weighted by atomic mass is 32.2. The summed E-state index contributed by atoms with van der Waals surface area (Å²) in [5.41, 5.74) is 0. The van der Waals surface area contributed by atoms with Crippen LogP contribution in [0, 0.1) is 6.92 Å². The fourth-order valence-corrected chi connectivity index (χ4v) is 5.58. The summed E-state index contributed by atoms with van der Waals surface area (Å²) in [5.74, 6) is 0. The molecular weight excluding hydrogens is 270 g/mol. The Hall–Kier alpha value is -0.430. The molecule has 1 aromatic rings. The maximum Gasteiger partial charge on any atom is 0.244 e. The van der Waals surface area contributed by atoms with Crippen molar-refractivity contribution < 1.29 is 13.5 Å². The van der Waals surface area contributed by atoms with Gasteiger partial charge in [0.05, 0.1) is 11.5 Å². The van der Waals surface area contributed by atoms with Crippen molar-refractivity contribution in [2.24, 2.45) is 0 Å². The van der Waals surface area contributed by atoms with Gasteiger partial charge in [-0.3, -0.25) is 0 Å². The van der Waals surface area contributed by atoms with Gasteiger partial charge in [-0.2, -0.15) is 4.31 Å². The first-order valence-corrected chi connectivity index (χ1v) is 8.44. The van der Waals surface area contributed by atoms with Crippen LogP contribution in [0.5, 0.6) is 0 Å². The Morgan fingerprint density at radius 2 is 2.22 bits per heavy atom. The molecule has 0 saturated carbocycles. The summed E-state index contributed by atoms with van der Waals surface area (Å²) in [4.78, 5) is 1.83. The first-order valence-electron chi connectivity index (χ1n) is 6.19. The molecule has 0 aliphatic carbocycles. The lowest BCUT2D eigenvalue weighted by Crippen LogP contribution is -2.41. The molecule has 1 fully saturated rings. The maximum absolute atomic E-state index is 12.6. The molecule has 1 atom stereocenters. The number of rotatable bonds is 3. The summed E-state index contributed by atoms with van der Waals surface area (Å²) in [5, 5.41) is 9.11. The van der Waals surface area contributed by atoms with Crippen LogP contribution in [0.1, 0.15) is 35.9 Å². The molecule has 2 rings (SSSR count). The van der Waals surface area contributed by atoms with Gasteiger partial charge < -0.3 is 5.11 Å². The van der Waals surface area contributed by atoms with Crippen LogP contribution in [-0.2, 0) is 16.6 Å². The van der Waals surface area contributed by atoms with Crippen LogP contribution in [0.3, 0.4) is 0 Å². The second-order valence-electron chi connectivity index (χ2n) is 4.75. The third kappa shape index (κ3) is 2.47. The summed E-state index contributed by atoms with van der Waals surface area (Å²) >= 11 is 1.35. The fourth-order valence-electron chi connectivity index (χ4n) is 2.41. The Morgan fingerprint density at radius 3 is 2.78 bits per heavy atom. The van der Waals surface area contributed by atoms with E-state index in [1.54, 1.807) is 17.3 Å². The highest BCUT2D eigenvalue weighted by Gasteiger charge is 2.32. The molecule has 0 spiro atoms. The van der Waals surface area contributed by atoms with Crippen molar-refractivity contribution in [3.63, 3.8) is 0 Å². The van der Waals surface area contributed by atoms with Crippen LogP contribution >= 0.6 is 11.3 Å². The summed E-state index contributed by atoms with van der Waals surface area (Å²) in [6, 6.07) is 1.68. The number of nitrogens with zero attached hydrogens (tertiary/aromatic N) is 1. The van der Waals surface area contributed by atoms with Gasteiger partial charge in [-0.25, -0.2) is 8.42 Å². The molecule has 0 aromatic carbocycles. The Bertz CT molecular complexity index is 521. The number of aryl methyl sites for hydroxylation is 1. The summed E-state index contributed by atoms with van der Waals surface area (Å²) in [6.45, 7) is 4.26. The second-order valence-corrected chi connectivity index (χ2v) is 7.95. The van der Waals surface area contributed by atoms with Gasteiger partial charge in [-0.15, -0.1) is 11.3 Å². The predicted octanol–water partition coefficient (Wildman–Crippen LogP) is 2.11. The van der Waals surface area contributed by atoms with Crippen molar-refractivity contribution in [1.82, 2.24) is 4.31 Å². The molecule has 1 N–H and O–H groups in total. The van der Waals surface area contributed by atoms with Gasteiger partial charge in [-0.05, 0) is 32.8 Å². The minimum absolute atomic E-state index is 0.0700. The van der Waals surface area contributed by atoms with E-state index in [9.17, 15) is 8.42 Å². The zero-order valence-corrected chi connectivity index (χ0v) is 12.4. The minimum Gasteiger partial charge on any atom is -0.391 e. The van der Waals surface area contributed by atoms with Crippen LogP contribution < -0.4 is 0 Å². The molecule has 1 aliphatic rings. The lowest BCUT2D eigenvalue weighted by atomic mass is 10.1. The molecule has 1 aliphatic heterocycles. The first-order chi connectivity index (χ1) is 8.46. The van der Waals surface area contributed by atoms with E-state index in [2.05, 4.69) is 0 Å². The fraction of sp³-hybridized carbons (Fsp3) is 0.667. The average Bonchev–Trinajstić information content (AvgIpc) is 2.71. The molecule has 1 saturated heterocycles. The summed E-state index contributed by atoms with van der Waals surface area (Å²) in [6.07, 6.45) is 2.95. The van der Waals surface area contributed by atoms with Gasteiger partial charge in [-0.1, -0.05) is 6.42 Å². The van der Waals surface area contributed by atoms with E-state index in [4.69, 9.17) is 5.11 Å².